The lowest BCUT2D eigenvalue weighted by atomic mass is 9.85. The minimum absolute atomic E-state index is 0.593. The Hall–Kier alpha value is -1.14. The fourth-order valence-corrected chi connectivity index (χ4v) is 2.84. The molecular formula is C13H18BrN5. The Bertz CT molecular complexity index is 576. The van der Waals surface area contributed by atoms with Crippen molar-refractivity contribution in [2.45, 2.75) is 25.7 Å². The van der Waals surface area contributed by atoms with Gasteiger partial charge >= 0.3 is 0 Å². The number of aromatic nitrogens is 3. The van der Waals surface area contributed by atoms with Gasteiger partial charge in [0.25, 0.3) is 0 Å². The molecule has 0 bridgehead atoms. The van der Waals surface area contributed by atoms with E-state index in [1.165, 1.54) is 19.3 Å². The maximum Gasteiger partial charge on any atom is 0.155 e. The minimum atomic E-state index is 0.593. The predicted octanol–water partition coefficient (Wildman–Crippen LogP) is 2.21. The van der Waals surface area contributed by atoms with Crippen LogP contribution in [0.25, 0.3) is 5.65 Å². The summed E-state index contributed by atoms with van der Waals surface area (Å²) in [6.07, 6.45) is 4.80. The van der Waals surface area contributed by atoms with Crippen LogP contribution < -0.4 is 11.1 Å². The number of nitrogens with one attached hydrogen (secondary N) is 1. The Kier molecular flexibility index (Phi) is 3.70. The zero-order chi connectivity index (χ0) is 13.2. The molecule has 0 aliphatic heterocycles. The van der Waals surface area contributed by atoms with Gasteiger partial charge in [-0.25, -0.2) is 9.50 Å². The lowest BCUT2D eigenvalue weighted by molar-refractivity contribution is 0.333. The van der Waals surface area contributed by atoms with Gasteiger partial charge in [0.1, 0.15) is 10.4 Å². The molecule has 5 nitrogen and oxygen atoms in total. The van der Waals surface area contributed by atoms with E-state index in [1.807, 2.05) is 16.6 Å². The smallest absolute Gasteiger partial charge is 0.155 e. The number of nitrogens with two attached hydrogens (primary N) is 1. The Morgan fingerprint density at radius 3 is 2.95 bits per heavy atom. The molecule has 19 heavy (non-hydrogen) atoms. The first-order valence-electron chi connectivity index (χ1n) is 6.76. The first-order valence-corrected chi connectivity index (χ1v) is 7.55. The summed E-state index contributed by atoms with van der Waals surface area (Å²) < 4.78 is 2.73. The number of hydrogen-bond acceptors (Lipinski definition) is 4. The van der Waals surface area contributed by atoms with Crippen molar-refractivity contribution >= 4 is 27.4 Å². The van der Waals surface area contributed by atoms with Crippen LogP contribution in [-0.4, -0.2) is 27.7 Å². The molecule has 102 valence electrons. The highest BCUT2D eigenvalue weighted by molar-refractivity contribution is 9.10. The van der Waals surface area contributed by atoms with Crippen molar-refractivity contribution < 1.29 is 0 Å². The second kappa shape index (κ2) is 5.46. The maximum atomic E-state index is 5.58. The van der Waals surface area contributed by atoms with Crippen LogP contribution in [0.5, 0.6) is 0 Å². The van der Waals surface area contributed by atoms with Gasteiger partial charge in [-0.15, -0.1) is 5.10 Å². The van der Waals surface area contributed by atoms with Crippen molar-refractivity contribution in [1.82, 2.24) is 14.6 Å². The molecule has 1 saturated carbocycles. The highest BCUT2D eigenvalue weighted by Gasteiger charge is 2.17. The van der Waals surface area contributed by atoms with Crippen LogP contribution in [-0.2, 0) is 6.42 Å². The van der Waals surface area contributed by atoms with Crippen molar-refractivity contribution in [2.75, 3.05) is 18.4 Å². The first-order chi connectivity index (χ1) is 9.28. The fourth-order valence-electron chi connectivity index (χ4n) is 2.29. The van der Waals surface area contributed by atoms with E-state index in [4.69, 9.17) is 5.73 Å². The average molecular weight is 324 g/mol. The Balaban J connectivity index is 1.80. The van der Waals surface area contributed by atoms with Gasteiger partial charge in [0.15, 0.2) is 5.65 Å². The average Bonchev–Trinajstić information content (AvgIpc) is 2.66. The zero-order valence-electron chi connectivity index (χ0n) is 10.8. The SMILES string of the molecule is NCCc1nc2ccc(NCC3CCC3)nn2c1Br. The van der Waals surface area contributed by atoms with Crippen LogP contribution in [0.15, 0.2) is 16.7 Å². The molecule has 1 aliphatic rings. The number of nitrogens with zero attached hydrogens (tertiary/aromatic N) is 3. The summed E-state index contributed by atoms with van der Waals surface area (Å²) in [6, 6.07) is 3.97. The van der Waals surface area contributed by atoms with Gasteiger partial charge in [-0.2, -0.15) is 0 Å². The van der Waals surface area contributed by atoms with Crippen LogP contribution in [0.1, 0.15) is 25.0 Å². The molecular weight excluding hydrogens is 306 g/mol. The van der Waals surface area contributed by atoms with Crippen LogP contribution in [0.2, 0.25) is 0 Å². The van der Waals surface area contributed by atoms with Crippen LogP contribution in [0.4, 0.5) is 5.82 Å². The Labute approximate surface area is 120 Å². The Morgan fingerprint density at radius 1 is 1.42 bits per heavy atom. The highest BCUT2D eigenvalue weighted by Crippen LogP contribution is 2.26. The van der Waals surface area contributed by atoms with Crippen molar-refractivity contribution in [3.05, 3.63) is 22.4 Å². The molecule has 0 radical (unpaired) electrons. The van der Waals surface area contributed by atoms with Gasteiger partial charge in [0.2, 0.25) is 0 Å². The first kappa shape index (κ1) is 12.9. The van der Waals surface area contributed by atoms with Crippen molar-refractivity contribution in [1.29, 1.82) is 0 Å². The van der Waals surface area contributed by atoms with Crippen LogP contribution in [0.3, 0.4) is 0 Å². The van der Waals surface area contributed by atoms with E-state index in [-0.39, 0.29) is 0 Å². The largest absolute Gasteiger partial charge is 0.368 e. The van der Waals surface area contributed by atoms with Gasteiger partial charge < -0.3 is 11.1 Å². The molecule has 0 unspecified atom stereocenters. The van der Waals surface area contributed by atoms with E-state index in [9.17, 15) is 0 Å². The van der Waals surface area contributed by atoms with Gasteiger partial charge in [0.05, 0.1) is 5.69 Å². The number of imidazole rings is 1. The van der Waals surface area contributed by atoms with Gasteiger partial charge in [-0.3, -0.25) is 0 Å². The number of anilines is 1. The minimum Gasteiger partial charge on any atom is -0.368 e. The van der Waals surface area contributed by atoms with E-state index >= 15 is 0 Å². The monoisotopic (exact) mass is 323 g/mol. The summed E-state index contributed by atoms with van der Waals surface area (Å²) in [5.74, 6) is 1.72. The summed E-state index contributed by atoms with van der Waals surface area (Å²) in [6.45, 7) is 1.61. The third-order valence-corrected chi connectivity index (χ3v) is 4.46. The summed E-state index contributed by atoms with van der Waals surface area (Å²) in [5, 5.41) is 7.97. The summed E-state index contributed by atoms with van der Waals surface area (Å²) in [5.41, 5.74) is 7.40. The third-order valence-electron chi connectivity index (χ3n) is 3.67. The Morgan fingerprint density at radius 2 is 2.26 bits per heavy atom. The number of hydrogen-bond donors (Lipinski definition) is 2. The molecule has 0 saturated heterocycles. The molecule has 0 aromatic carbocycles. The van der Waals surface area contributed by atoms with Crippen LogP contribution >= 0.6 is 15.9 Å². The standard InChI is InChI=1S/C13H18BrN5/c14-13-10(6-7-15)17-12-5-4-11(18-19(12)13)16-8-9-2-1-3-9/h4-5,9H,1-3,6-8,15H2,(H,16,18). The molecule has 3 rings (SSSR count). The molecule has 2 heterocycles. The fraction of sp³-hybridized carbons (Fsp3) is 0.538. The molecule has 1 aliphatic carbocycles. The lowest BCUT2D eigenvalue weighted by Crippen LogP contribution is -2.21. The zero-order valence-corrected chi connectivity index (χ0v) is 12.4. The molecule has 0 atom stereocenters. The summed E-state index contributed by atoms with van der Waals surface area (Å²) >= 11 is 3.55. The third kappa shape index (κ3) is 2.60. The van der Waals surface area contributed by atoms with Crippen molar-refractivity contribution in [3.63, 3.8) is 0 Å². The molecule has 6 heteroatoms. The molecule has 2 aromatic rings. The maximum absolute atomic E-state index is 5.58. The normalized spacial score (nSPS) is 15.7. The van der Waals surface area contributed by atoms with Crippen molar-refractivity contribution in [3.8, 4) is 0 Å². The lowest BCUT2D eigenvalue weighted by Gasteiger charge is -2.25. The van der Waals surface area contributed by atoms with E-state index < -0.39 is 0 Å². The van der Waals surface area contributed by atoms with Gasteiger partial charge in [0, 0.05) is 13.0 Å². The van der Waals surface area contributed by atoms with E-state index in [0.717, 1.165) is 40.6 Å². The van der Waals surface area contributed by atoms with Crippen molar-refractivity contribution in [2.24, 2.45) is 11.7 Å². The predicted molar refractivity (Wildman–Crippen MR) is 79.3 cm³/mol. The molecule has 3 N–H and O–H groups in total. The quantitative estimate of drug-likeness (QED) is 0.885. The highest BCUT2D eigenvalue weighted by atomic mass is 79.9. The van der Waals surface area contributed by atoms with E-state index in [1.54, 1.807) is 0 Å². The van der Waals surface area contributed by atoms with Gasteiger partial charge in [-0.1, -0.05) is 6.42 Å². The summed E-state index contributed by atoms with van der Waals surface area (Å²) in [4.78, 5) is 4.51. The number of fused-ring (bicyclic) bond motifs is 1. The van der Waals surface area contributed by atoms with E-state index in [2.05, 4.69) is 31.3 Å². The molecule has 2 aromatic heterocycles. The van der Waals surface area contributed by atoms with Crippen LogP contribution in [0, 0.1) is 5.92 Å². The number of halogens is 1. The topological polar surface area (TPSA) is 68.2 Å². The molecule has 0 spiro atoms. The van der Waals surface area contributed by atoms with E-state index in [0.29, 0.717) is 6.54 Å². The summed E-state index contributed by atoms with van der Waals surface area (Å²) in [7, 11) is 0. The second-order valence-corrected chi connectivity index (χ2v) is 5.81. The number of rotatable bonds is 5. The second-order valence-electron chi connectivity index (χ2n) is 5.05. The molecule has 0 amide bonds. The molecule has 1 fully saturated rings. The van der Waals surface area contributed by atoms with Gasteiger partial charge in [-0.05, 0) is 53.4 Å².